The first kappa shape index (κ1) is 18.9. The summed E-state index contributed by atoms with van der Waals surface area (Å²) in [6.45, 7) is 3.28. The first-order valence-electron chi connectivity index (χ1n) is 8.60. The molecule has 1 saturated heterocycles. The van der Waals surface area contributed by atoms with Gasteiger partial charge in [-0.3, -0.25) is 4.79 Å². The summed E-state index contributed by atoms with van der Waals surface area (Å²) in [5.74, 6) is -1.90. The van der Waals surface area contributed by atoms with Gasteiger partial charge in [0.1, 0.15) is 0 Å². The normalized spacial score (nSPS) is 20.0. The Balaban J connectivity index is 1.82. The molecule has 0 saturated carbocycles. The summed E-state index contributed by atoms with van der Waals surface area (Å²) in [6, 6.07) is 9.63. The van der Waals surface area contributed by atoms with E-state index in [0.29, 0.717) is 17.7 Å². The van der Waals surface area contributed by atoms with Crippen molar-refractivity contribution in [2.45, 2.75) is 30.2 Å². The van der Waals surface area contributed by atoms with Crippen LogP contribution in [0.1, 0.15) is 33.8 Å². The van der Waals surface area contributed by atoms with Gasteiger partial charge in [-0.1, -0.05) is 12.1 Å². The number of rotatable bonds is 4. The third-order valence-electron chi connectivity index (χ3n) is 4.86. The number of benzene rings is 2. The van der Waals surface area contributed by atoms with Gasteiger partial charge in [0, 0.05) is 29.0 Å². The first-order valence-corrected chi connectivity index (χ1v) is 9.83. The lowest BCUT2D eigenvalue weighted by Gasteiger charge is -2.33. The van der Waals surface area contributed by atoms with Crippen LogP contribution in [-0.2, 0) is 0 Å². The van der Waals surface area contributed by atoms with Gasteiger partial charge in [0.05, 0.1) is 0 Å². The van der Waals surface area contributed by atoms with Gasteiger partial charge >= 0.3 is 0 Å². The van der Waals surface area contributed by atoms with Crippen LogP contribution in [-0.4, -0.2) is 31.3 Å². The number of hydrogen-bond acceptors (Lipinski definition) is 3. The highest BCUT2D eigenvalue weighted by atomic mass is 32.2. The molecule has 0 spiro atoms. The van der Waals surface area contributed by atoms with E-state index < -0.39 is 11.6 Å². The zero-order valence-corrected chi connectivity index (χ0v) is 15.6. The smallest absolute Gasteiger partial charge is 0.251 e. The van der Waals surface area contributed by atoms with Crippen LogP contribution in [0.15, 0.2) is 41.3 Å². The molecule has 2 aromatic carbocycles. The Hall–Kier alpha value is -1.92. The maximum atomic E-state index is 13.6. The minimum absolute atomic E-state index is 0.0562. The van der Waals surface area contributed by atoms with Gasteiger partial charge in [0.2, 0.25) is 0 Å². The third kappa shape index (κ3) is 4.07. The standard InChI is InChI=1S/C20H22F2N2OS/c1-12-3-5-14(26-2)10-16(12)20(25)24-19-11-23-8-7-15(19)13-4-6-17(21)18(22)9-13/h3-6,9-10,15,19,23H,7-8,11H2,1-2H3,(H,24,25). The second-order valence-electron chi connectivity index (χ2n) is 6.53. The lowest BCUT2D eigenvalue weighted by molar-refractivity contribution is 0.0923. The Bertz CT molecular complexity index is 812. The van der Waals surface area contributed by atoms with E-state index in [4.69, 9.17) is 0 Å². The predicted octanol–water partition coefficient (Wildman–Crippen LogP) is 3.87. The summed E-state index contributed by atoms with van der Waals surface area (Å²) in [5.41, 5.74) is 2.27. The van der Waals surface area contributed by atoms with Gasteiger partial charge < -0.3 is 10.6 Å². The zero-order valence-electron chi connectivity index (χ0n) is 14.8. The number of nitrogens with one attached hydrogen (secondary N) is 2. The van der Waals surface area contributed by atoms with E-state index in [1.807, 2.05) is 31.4 Å². The average molecular weight is 376 g/mol. The van der Waals surface area contributed by atoms with E-state index in [-0.39, 0.29) is 17.9 Å². The number of amides is 1. The van der Waals surface area contributed by atoms with Crippen molar-refractivity contribution in [3.05, 3.63) is 64.7 Å². The van der Waals surface area contributed by atoms with Crippen molar-refractivity contribution in [2.24, 2.45) is 0 Å². The number of thioether (sulfide) groups is 1. The number of aryl methyl sites for hydroxylation is 1. The number of halogens is 2. The Morgan fingerprint density at radius 3 is 2.73 bits per heavy atom. The summed E-state index contributed by atoms with van der Waals surface area (Å²) >= 11 is 1.59. The maximum Gasteiger partial charge on any atom is 0.251 e. The SMILES string of the molecule is CSc1ccc(C)c(C(=O)NC2CNCCC2c2ccc(F)c(F)c2)c1. The molecule has 1 heterocycles. The molecule has 0 bridgehead atoms. The van der Waals surface area contributed by atoms with Crippen LogP contribution >= 0.6 is 11.8 Å². The van der Waals surface area contributed by atoms with Crippen molar-refractivity contribution >= 4 is 17.7 Å². The van der Waals surface area contributed by atoms with Gasteiger partial charge in [-0.05, 0) is 61.5 Å². The molecule has 3 rings (SSSR count). The van der Waals surface area contributed by atoms with Gasteiger partial charge in [-0.2, -0.15) is 0 Å². The largest absolute Gasteiger partial charge is 0.347 e. The third-order valence-corrected chi connectivity index (χ3v) is 5.59. The van der Waals surface area contributed by atoms with Crippen molar-refractivity contribution in [3.63, 3.8) is 0 Å². The molecular weight excluding hydrogens is 354 g/mol. The molecule has 2 N–H and O–H groups in total. The van der Waals surface area contributed by atoms with Crippen molar-refractivity contribution < 1.29 is 13.6 Å². The van der Waals surface area contributed by atoms with Gasteiger partial charge in [0.15, 0.2) is 11.6 Å². The molecule has 0 aromatic heterocycles. The highest BCUT2D eigenvalue weighted by Gasteiger charge is 2.29. The molecule has 1 fully saturated rings. The second-order valence-corrected chi connectivity index (χ2v) is 7.41. The Morgan fingerprint density at radius 1 is 1.19 bits per heavy atom. The van der Waals surface area contributed by atoms with E-state index in [2.05, 4.69) is 10.6 Å². The minimum atomic E-state index is -0.854. The van der Waals surface area contributed by atoms with Crippen molar-refractivity contribution in [2.75, 3.05) is 19.3 Å². The zero-order chi connectivity index (χ0) is 18.7. The first-order chi connectivity index (χ1) is 12.5. The van der Waals surface area contributed by atoms with E-state index in [9.17, 15) is 13.6 Å². The second kappa shape index (κ2) is 8.18. The Labute approximate surface area is 156 Å². The van der Waals surface area contributed by atoms with Crippen LogP contribution in [0.4, 0.5) is 8.78 Å². The molecule has 2 aromatic rings. The Morgan fingerprint density at radius 2 is 2.00 bits per heavy atom. The predicted molar refractivity (Wildman–Crippen MR) is 101 cm³/mol. The van der Waals surface area contributed by atoms with Crippen LogP contribution in [0.25, 0.3) is 0 Å². The molecule has 6 heteroatoms. The highest BCUT2D eigenvalue weighted by molar-refractivity contribution is 7.98. The molecule has 1 aliphatic heterocycles. The molecule has 0 aliphatic carbocycles. The number of piperidine rings is 1. The minimum Gasteiger partial charge on any atom is -0.347 e. The number of carbonyl (C=O) groups excluding carboxylic acids is 1. The average Bonchev–Trinajstić information content (AvgIpc) is 2.65. The summed E-state index contributed by atoms with van der Waals surface area (Å²) in [5, 5.41) is 6.35. The monoisotopic (exact) mass is 376 g/mol. The topological polar surface area (TPSA) is 41.1 Å². The van der Waals surface area contributed by atoms with Gasteiger partial charge in [0.25, 0.3) is 5.91 Å². The Kier molecular flexibility index (Phi) is 5.94. The summed E-state index contributed by atoms with van der Waals surface area (Å²) in [7, 11) is 0. The van der Waals surface area contributed by atoms with Crippen LogP contribution < -0.4 is 10.6 Å². The van der Waals surface area contributed by atoms with E-state index in [1.165, 1.54) is 6.07 Å². The van der Waals surface area contributed by atoms with Crippen LogP contribution in [0, 0.1) is 18.6 Å². The fourth-order valence-electron chi connectivity index (χ4n) is 3.37. The van der Waals surface area contributed by atoms with E-state index in [1.54, 1.807) is 17.8 Å². The van der Waals surface area contributed by atoms with Crippen molar-refractivity contribution in [3.8, 4) is 0 Å². The van der Waals surface area contributed by atoms with E-state index >= 15 is 0 Å². The lowest BCUT2D eigenvalue weighted by atomic mass is 9.85. The molecule has 26 heavy (non-hydrogen) atoms. The quantitative estimate of drug-likeness (QED) is 0.796. The molecule has 1 amide bonds. The summed E-state index contributed by atoms with van der Waals surface area (Å²) < 4.78 is 26.9. The highest BCUT2D eigenvalue weighted by Crippen LogP contribution is 2.27. The fraction of sp³-hybridized carbons (Fsp3) is 0.350. The molecule has 1 aliphatic rings. The van der Waals surface area contributed by atoms with Crippen LogP contribution in [0.3, 0.4) is 0 Å². The molecule has 2 unspecified atom stereocenters. The van der Waals surface area contributed by atoms with Crippen LogP contribution in [0.5, 0.6) is 0 Å². The molecule has 2 atom stereocenters. The number of carbonyl (C=O) groups is 1. The molecule has 138 valence electrons. The van der Waals surface area contributed by atoms with Crippen molar-refractivity contribution in [1.29, 1.82) is 0 Å². The number of hydrogen-bond donors (Lipinski definition) is 2. The van der Waals surface area contributed by atoms with Gasteiger partial charge in [-0.25, -0.2) is 8.78 Å². The lowest BCUT2D eigenvalue weighted by Crippen LogP contribution is -2.50. The molecule has 3 nitrogen and oxygen atoms in total. The summed E-state index contributed by atoms with van der Waals surface area (Å²) in [4.78, 5) is 13.8. The summed E-state index contributed by atoms with van der Waals surface area (Å²) in [6.07, 6.45) is 2.72. The molecule has 0 radical (unpaired) electrons. The molecular formula is C20H22F2N2OS. The van der Waals surface area contributed by atoms with Crippen molar-refractivity contribution in [1.82, 2.24) is 10.6 Å². The maximum absolute atomic E-state index is 13.6. The fourth-order valence-corrected chi connectivity index (χ4v) is 3.81. The van der Waals surface area contributed by atoms with Gasteiger partial charge in [-0.15, -0.1) is 11.8 Å². The van der Waals surface area contributed by atoms with Crippen LogP contribution in [0.2, 0.25) is 0 Å². The van der Waals surface area contributed by atoms with E-state index in [0.717, 1.165) is 29.5 Å².